The highest BCUT2D eigenvalue weighted by Crippen LogP contribution is 2.19. The first-order valence-electron chi connectivity index (χ1n) is 3.23. The highest BCUT2D eigenvalue weighted by molar-refractivity contribution is 8.76. The highest BCUT2D eigenvalue weighted by Gasteiger charge is 1.88. The van der Waals surface area contributed by atoms with E-state index < -0.39 is 0 Å². The summed E-state index contributed by atoms with van der Waals surface area (Å²) in [6.45, 7) is 0.996. The van der Waals surface area contributed by atoms with E-state index in [-0.39, 0.29) is 0 Å². The first kappa shape index (κ1) is 11.5. The second-order valence-electron chi connectivity index (χ2n) is 1.59. The van der Waals surface area contributed by atoms with E-state index in [4.69, 9.17) is 0 Å². The molecule has 0 atom stereocenters. The molecule has 12 heavy (non-hydrogen) atoms. The summed E-state index contributed by atoms with van der Waals surface area (Å²) in [5, 5.41) is 0. The third-order valence-corrected chi connectivity index (χ3v) is 3.15. The molecule has 0 bridgehead atoms. The molecule has 0 unspecified atom stereocenters. The zero-order chi connectivity index (χ0) is 9.07. The quantitative estimate of drug-likeness (QED) is 0.269. The largest absolute Gasteiger partial charge is 0.234 e. The Kier molecular flexibility index (Phi) is 9.99. The zero-order valence-electron chi connectivity index (χ0n) is 6.36. The average molecular weight is 204 g/mol. The number of aliphatic imine (C=N–C) groups is 2. The summed E-state index contributed by atoms with van der Waals surface area (Å²) in [5.74, 6) is 1.56. The van der Waals surface area contributed by atoms with Crippen molar-refractivity contribution < 1.29 is 9.59 Å². The molecule has 0 aliphatic heterocycles. The molecular formula is C6H8N2O2S2. The van der Waals surface area contributed by atoms with Crippen molar-refractivity contribution in [1.82, 2.24) is 0 Å². The maximum absolute atomic E-state index is 9.61. The average Bonchev–Trinajstić information content (AvgIpc) is 2.10. The molecule has 0 aromatic rings. The predicted octanol–water partition coefficient (Wildman–Crippen LogP) is 1.04. The second kappa shape index (κ2) is 10.5. The first-order valence-corrected chi connectivity index (χ1v) is 5.72. The van der Waals surface area contributed by atoms with Gasteiger partial charge in [-0.15, -0.1) is 0 Å². The normalized spacial score (nSPS) is 8.33. The van der Waals surface area contributed by atoms with Crippen molar-refractivity contribution in [2.75, 3.05) is 24.6 Å². The van der Waals surface area contributed by atoms with Crippen LogP contribution >= 0.6 is 21.6 Å². The lowest BCUT2D eigenvalue weighted by atomic mass is 10.8. The predicted molar refractivity (Wildman–Crippen MR) is 50.9 cm³/mol. The van der Waals surface area contributed by atoms with Crippen molar-refractivity contribution in [3.05, 3.63) is 0 Å². The molecule has 0 amide bonds. The fourth-order valence-corrected chi connectivity index (χ4v) is 2.10. The Morgan fingerprint density at radius 3 is 1.67 bits per heavy atom. The van der Waals surface area contributed by atoms with Gasteiger partial charge in [-0.25, -0.2) is 19.6 Å². The standard InChI is InChI=1S/C6H8N2O2S2/c9-5-7-1-3-11-12-4-2-8-6-10/h1-4H2. The van der Waals surface area contributed by atoms with Crippen molar-refractivity contribution in [1.29, 1.82) is 0 Å². The van der Waals surface area contributed by atoms with Gasteiger partial charge in [0.1, 0.15) is 0 Å². The van der Waals surface area contributed by atoms with Crippen LogP contribution in [0.25, 0.3) is 0 Å². The first-order chi connectivity index (χ1) is 5.91. The van der Waals surface area contributed by atoms with Crippen molar-refractivity contribution >= 4 is 33.7 Å². The van der Waals surface area contributed by atoms with E-state index in [1.165, 1.54) is 12.2 Å². The van der Waals surface area contributed by atoms with Crippen LogP contribution in [0.1, 0.15) is 0 Å². The molecule has 0 saturated carbocycles. The van der Waals surface area contributed by atoms with Gasteiger partial charge in [-0.3, -0.25) is 0 Å². The van der Waals surface area contributed by atoms with Gasteiger partial charge >= 0.3 is 0 Å². The Morgan fingerprint density at radius 1 is 0.917 bits per heavy atom. The number of hydrogen-bond acceptors (Lipinski definition) is 6. The van der Waals surface area contributed by atoms with Gasteiger partial charge in [-0.1, -0.05) is 21.6 Å². The summed E-state index contributed by atoms with van der Waals surface area (Å²) in [4.78, 5) is 26.0. The molecular weight excluding hydrogens is 196 g/mol. The van der Waals surface area contributed by atoms with Gasteiger partial charge in [0.25, 0.3) is 0 Å². The van der Waals surface area contributed by atoms with Crippen molar-refractivity contribution in [3.63, 3.8) is 0 Å². The molecule has 0 aromatic heterocycles. The summed E-state index contributed by atoms with van der Waals surface area (Å²) in [6.07, 6.45) is 2.92. The summed E-state index contributed by atoms with van der Waals surface area (Å²) in [7, 11) is 3.20. The van der Waals surface area contributed by atoms with Crippen LogP contribution in [0, 0.1) is 0 Å². The molecule has 0 aliphatic rings. The van der Waals surface area contributed by atoms with Crippen LogP contribution in [0.4, 0.5) is 0 Å². The van der Waals surface area contributed by atoms with Crippen LogP contribution < -0.4 is 0 Å². The molecule has 0 N–H and O–H groups in total. The highest BCUT2D eigenvalue weighted by atomic mass is 33.1. The maximum Gasteiger partial charge on any atom is 0.234 e. The van der Waals surface area contributed by atoms with Crippen LogP contribution in [0.5, 0.6) is 0 Å². The molecule has 0 aromatic carbocycles. The fourth-order valence-electron chi connectivity index (χ4n) is 0.375. The van der Waals surface area contributed by atoms with E-state index in [9.17, 15) is 9.59 Å². The van der Waals surface area contributed by atoms with Gasteiger partial charge in [-0.05, 0) is 0 Å². The third-order valence-electron chi connectivity index (χ3n) is 0.785. The van der Waals surface area contributed by atoms with Crippen LogP contribution in [-0.2, 0) is 9.59 Å². The smallest absolute Gasteiger partial charge is 0.211 e. The number of rotatable bonds is 7. The molecule has 0 aliphatic carbocycles. The Morgan fingerprint density at radius 2 is 1.33 bits per heavy atom. The number of nitrogens with zero attached hydrogens (tertiary/aromatic N) is 2. The lowest BCUT2D eigenvalue weighted by molar-refractivity contribution is 0.562. The SMILES string of the molecule is O=C=NCCSSCCN=C=O. The number of carbonyl (C=O) groups excluding carboxylic acids is 2. The van der Waals surface area contributed by atoms with Gasteiger partial charge in [-0.2, -0.15) is 0 Å². The van der Waals surface area contributed by atoms with E-state index in [1.54, 1.807) is 21.6 Å². The molecule has 6 heteroatoms. The Balaban J connectivity index is 3.00. The molecule has 0 heterocycles. The minimum atomic E-state index is 0.498. The van der Waals surface area contributed by atoms with Gasteiger partial charge in [0.15, 0.2) is 0 Å². The number of isocyanates is 2. The van der Waals surface area contributed by atoms with Gasteiger partial charge in [0.2, 0.25) is 12.2 Å². The lowest BCUT2D eigenvalue weighted by Gasteiger charge is -1.93. The van der Waals surface area contributed by atoms with E-state index in [1.807, 2.05) is 0 Å². The fraction of sp³-hybridized carbons (Fsp3) is 0.667. The van der Waals surface area contributed by atoms with Gasteiger partial charge in [0, 0.05) is 11.5 Å². The van der Waals surface area contributed by atoms with Crippen LogP contribution in [0.3, 0.4) is 0 Å². The van der Waals surface area contributed by atoms with Crippen LogP contribution in [-0.4, -0.2) is 36.8 Å². The molecule has 0 spiro atoms. The Labute approximate surface area is 78.3 Å². The third kappa shape index (κ3) is 9.46. The lowest BCUT2D eigenvalue weighted by Crippen LogP contribution is -1.84. The molecule has 0 rings (SSSR count). The van der Waals surface area contributed by atoms with Gasteiger partial charge < -0.3 is 0 Å². The molecule has 0 fully saturated rings. The Hall–Kier alpha value is -0.540. The van der Waals surface area contributed by atoms with Crippen molar-refractivity contribution in [3.8, 4) is 0 Å². The molecule has 0 radical (unpaired) electrons. The van der Waals surface area contributed by atoms with E-state index in [0.717, 1.165) is 11.5 Å². The van der Waals surface area contributed by atoms with Gasteiger partial charge in [0.05, 0.1) is 13.1 Å². The summed E-state index contributed by atoms with van der Waals surface area (Å²) in [6, 6.07) is 0. The maximum atomic E-state index is 9.61. The molecule has 66 valence electrons. The Bertz CT molecular complexity index is 176. The molecule has 0 saturated heterocycles. The number of hydrogen-bond donors (Lipinski definition) is 0. The minimum Gasteiger partial charge on any atom is -0.211 e. The van der Waals surface area contributed by atoms with Crippen LogP contribution in [0.15, 0.2) is 9.98 Å². The monoisotopic (exact) mass is 204 g/mol. The summed E-state index contributed by atoms with van der Waals surface area (Å²) in [5.41, 5.74) is 0. The van der Waals surface area contributed by atoms with E-state index in [2.05, 4.69) is 9.98 Å². The van der Waals surface area contributed by atoms with Crippen LogP contribution in [0.2, 0.25) is 0 Å². The van der Waals surface area contributed by atoms with E-state index in [0.29, 0.717) is 13.1 Å². The zero-order valence-corrected chi connectivity index (χ0v) is 7.99. The minimum absolute atomic E-state index is 0.498. The van der Waals surface area contributed by atoms with Crippen molar-refractivity contribution in [2.24, 2.45) is 9.98 Å². The van der Waals surface area contributed by atoms with Crippen molar-refractivity contribution in [2.45, 2.75) is 0 Å². The summed E-state index contributed by atoms with van der Waals surface area (Å²) >= 11 is 0. The van der Waals surface area contributed by atoms with E-state index >= 15 is 0 Å². The second-order valence-corrected chi connectivity index (χ2v) is 4.29. The molecule has 4 nitrogen and oxygen atoms in total. The topological polar surface area (TPSA) is 58.9 Å². The summed E-state index contributed by atoms with van der Waals surface area (Å²) < 4.78 is 0.